The molecule has 0 aromatic heterocycles. The Kier molecular flexibility index (Phi) is 1.18. The van der Waals surface area contributed by atoms with Crippen molar-refractivity contribution in [3.05, 3.63) is 23.9 Å². The number of amides is 1. The highest BCUT2D eigenvalue weighted by Gasteiger charge is 2.25. The summed E-state index contributed by atoms with van der Waals surface area (Å²) in [6.07, 6.45) is 5.23. The first-order valence-electron chi connectivity index (χ1n) is 3.49. The lowest BCUT2D eigenvalue weighted by Gasteiger charge is -2.20. The molecule has 11 heavy (non-hydrogen) atoms. The molecule has 0 aromatic rings. The maximum atomic E-state index is 11.1. The van der Waals surface area contributed by atoms with Crippen molar-refractivity contribution < 1.29 is 9.59 Å². The first kappa shape index (κ1) is 6.34. The van der Waals surface area contributed by atoms with E-state index in [2.05, 4.69) is 0 Å². The third-order valence-corrected chi connectivity index (χ3v) is 1.82. The van der Waals surface area contributed by atoms with Crippen LogP contribution in [0.5, 0.6) is 0 Å². The minimum absolute atomic E-state index is 0.0329. The Balaban J connectivity index is 2.40. The smallest absolute Gasteiger partial charge is 0.235 e. The second-order valence-corrected chi connectivity index (χ2v) is 2.62. The van der Waals surface area contributed by atoms with Crippen molar-refractivity contribution in [3.8, 4) is 0 Å². The van der Waals surface area contributed by atoms with Gasteiger partial charge in [0, 0.05) is 18.3 Å². The van der Waals surface area contributed by atoms with E-state index in [-0.39, 0.29) is 18.1 Å². The summed E-state index contributed by atoms with van der Waals surface area (Å²) in [5.41, 5.74) is 0.742. The molecule has 0 bridgehead atoms. The van der Waals surface area contributed by atoms with Crippen LogP contribution in [0.15, 0.2) is 23.9 Å². The van der Waals surface area contributed by atoms with Crippen molar-refractivity contribution in [2.45, 2.75) is 6.42 Å². The fourth-order valence-corrected chi connectivity index (χ4v) is 1.31. The Labute approximate surface area is 64.0 Å². The van der Waals surface area contributed by atoms with Gasteiger partial charge in [0.05, 0.1) is 6.42 Å². The van der Waals surface area contributed by atoms with Crippen LogP contribution in [0.2, 0.25) is 0 Å². The molecule has 0 saturated heterocycles. The van der Waals surface area contributed by atoms with Gasteiger partial charge in [-0.15, -0.1) is 0 Å². The Morgan fingerprint density at radius 1 is 1.36 bits per heavy atom. The molecule has 0 aliphatic carbocycles. The van der Waals surface area contributed by atoms with E-state index in [0.717, 1.165) is 5.70 Å². The minimum atomic E-state index is -0.0900. The molecule has 1 amide bonds. The van der Waals surface area contributed by atoms with Gasteiger partial charge in [0.15, 0.2) is 5.78 Å². The summed E-state index contributed by atoms with van der Waals surface area (Å²) in [6, 6.07) is 0. The highest BCUT2D eigenvalue weighted by atomic mass is 16.2. The zero-order valence-corrected chi connectivity index (χ0v) is 5.91. The van der Waals surface area contributed by atoms with E-state index in [1.54, 1.807) is 11.0 Å². The van der Waals surface area contributed by atoms with Gasteiger partial charge in [0.2, 0.25) is 5.91 Å². The molecule has 0 saturated carbocycles. The molecule has 0 atom stereocenters. The molecule has 3 heteroatoms. The molecular weight excluding hydrogens is 142 g/mol. The summed E-state index contributed by atoms with van der Waals surface area (Å²) in [6.45, 7) is 0.623. The Morgan fingerprint density at radius 2 is 2.18 bits per heavy atom. The summed E-state index contributed by atoms with van der Waals surface area (Å²) < 4.78 is 0. The summed E-state index contributed by atoms with van der Waals surface area (Å²) in [7, 11) is 0. The zero-order valence-electron chi connectivity index (χ0n) is 5.91. The van der Waals surface area contributed by atoms with Crippen LogP contribution >= 0.6 is 0 Å². The Morgan fingerprint density at radius 3 is 3.00 bits per heavy atom. The molecule has 2 aliphatic rings. The van der Waals surface area contributed by atoms with Gasteiger partial charge in [-0.1, -0.05) is 6.08 Å². The van der Waals surface area contributed by atoms with Crippen LogP contribution in [0.3, 0.4) is 0 Å². The van der Waals surface area contributed by atoms with E-state index < -0.39 is 0 Å². The van der Waals surface area contributed by atoms with E-state index in [1.165, 1.54) is 6.08 Å². The normalized spacial score (nSPS) is 22.2. The highest BCUT2D eigenvalue weighted by Crippen LogP contribution is 2.19. The molecule has 0 radical (unpaired) electrons. The molecule has 2 aliphatic heterocycles. The fraction of sp³-hybridized carbons (Fsp3) is 0.250. The van der Waals surface area contributed by atoms with Gasteiger partial charge in [-0.05, 0) is 6.08 Å². The SMILES string of the molecule is O=C1C=C2C=CCN2C(=O)C1. The van der Waals surface area contributed by atoms with E-state index >= 15 is 0 Å². The first-order valence-corrected chi connectivity index (χ1v) is 3.49. The maximum absolute atomic E-state index is 11.1. The molecule has 2 rings (SSSR count). The van der Waals surface area contributed by atoms with Gasteiger partial charge >= 0.3 is 0 Å². The van der Waals surface area contributed by atoms with Crippen molar-refractivity contribution >= 4 is 11.7 Å². The third-order valence-electron chi connectivity index (χ3n) is 1.82. The number of hydrogen-bond acceptors (Lipinski definition) is 2. The number of rotatable bonds is 0. The quantitative estimate of drug-likeness (QED) is 0.463. The second-order valence-electron chi connectivity index (χ2n) is 2.62. The maximum Gasteiger partial charge on any atom is 0.235 e. The Hall–Kier alpha value is -1.38. The van der Waals surface area contributed by atoms with Crippen molar-refractivity contribution in [2.24, 2.45) is 0 Å². The number of fused-ring (bicyclic) bond motifs is 1. The predicted molar refractivity (Wildman–Crippen MR) is 38.6 cm³/mol. The topological polar surface area (TPSA) is 37.4 Å². The summed E-state index contributed by atoms with van der Waals surface area (Å²) in [5.74, 6) is -0.176. The van der Waals surface area contributed by atoms with Crippen LogP contribution < -0.4 is 0 Å². The van der Waals surface area contributed by atoms with Crippen LogP contribution in [0.1, 0.15) is 6.42 Å². The average Bonchev–Trinajstić information content (AvgIpc) is 2.34. The average molecular weight is 149 g/mol. The van der Waals surface area contributed by atoms with Gasteiger partial charge in [-0.3, -0.25) is 9.59 Å². The molecular formula is C8H7NO2. The van der Waals surface area contributed by atoms with Crippen LogP contribution in [-0.2, 0) is 9.59 Å². The number of carbonyl (C=O) groups is 2. The fourth-order valence-electron chi connectivity index (χ4n) is 1.31. The number of allylic oxidation sites excluding steroid dienone is 2. The van der Waals surface area contributed by atoms with Gasteiger partial charge in [-0.2, -0.15) is 0 Å². The molecule has 0 fully saturated rings. The second kappa shape index (κ2) is 2.05. The third kappa shape index (κ3) is 0.888. The van der Waals surface area contributed by atoms with E-state index in [0.29, 0.717) is 6.54 Å². The molecule has 0 spiro atoms. The van der Waals surface area contributed by atoms with Crippen LogP contribution in [0.25, 0.3) is 0 Å². The van der Waals surface area contributed by atoms with E-state index in [9.17, 15) is 9.59 Å². The number of hydrogen-bond donors (Lipinski definition) is 0. The molecule has 56 valence electrons. The monoisotopic (exact) mass is 149 g/mol. The molecule has 0 N–H and O–H groups in total. The number of nitrogens with zero attached hydrogens (tertiary/aromatic N) is 1. The van der Waals surface area contributed by atoms with Crippen molar-refractivity contribution in [1.82, 2.24) is 4.90 Å². The lowest BCUT2D eigenvalue weighted by molar-refractivity contribution is -0.133. The van der Waals surface area contributed by atoms with Gasteiger partial charge < -0.3 is 4.90 Å². The number of ketones is 1. The standard InChI is InChI=1S/C8H7NO2/c10-7-4-6-2-1-3-9(6)8(11)5-7/h1-2,4H,3,5H2. The lowest BCUT2D eigenvalue weighted by Crippen LogP contribution is -2.32. The summed E-state index contributed by atoms with van der Waals surface area (Å²) in [5, 5.41) is 0. The zero-order chi connectivity index (χ0) is 7.84. The Bertz CT molecular complexity index is 288. The molecule has 0 unspecified atom stereocenters. The van der Waals surface area contributed by atoms with Crippen LogP contribution in [0.4, 0.5) is 0 Å². The minimum Gasteiger partial charge on any atom is -0.308 e. The molecule has 3 nitrogen and oxygen atoms in total. The van der Waals surface area contributed by atoms with E-state index in [4.69, 9.17) is 0 Å². The predicted octanol–water partition coefficient (Wildman–Crippen LogP) is 0.241. The van der Waals surface area contributed by atoms with E-state index in [1.807, 2.05) is 6.08 Å². The molecule has 0 aromatic carbocycles. The summed E-state index contributed by atoms with van der Waals surface area (Å²) >= 11 is 0. The summed E-state index contributed by atoms with van der Waals surface area (Å²) in [4.78, 5) is 23.6. The highest BCUT2D eigenvalue weighted by molar-refractivity contribution is 6.07. The largest absolute Gasteiger partial charge is 0.308 e. The van der Waals surface area contributed by atoms with Crippen LogP contribution in [-0.4, -0.2) is 23.1 Å². The van der Waals surface area contributed by atoms with Gasteiger partial charge in [0.25, 0.3) is 0 Å². The molecule has 2 heterocycles. The van der Waals surface area contributed by atoms with Crippen molar-refractivity contribution in [3.63, 3.8) is 0 Å². The van der Waals surface area contributed by atoms with Gasteiger partial charge in [0.1, 0.15) is 0 Å². The van der Waals surface area contributed by atoms with Crippen molar-refractivity contribution in [2.75, 3.05) is 6.54 Å². The lowest BCUT2D eigenvalue weighted by atomic mass is 10.1. The first-order chi connectivity index (χ1) is 5.27. The number of carbonyl (C=O) groups excluding carboxylic acids is 2. The van der Waals surface area contributed by atoms with Gasteiger partial charge in [-0.25, -0.2) is 0 Å². The van der Waals surface area contributed by atoms with Crippen molar-refractivity contribution in [1.29, 1.82) is 0 Å². The van der Waals surface area contributed by atoms with Crippen LogP contribution in [0, 0.1) is 0 Å².